The number of likely N-dealkylation sites (tertiary alicyclic amines) is 1. The van der Waals surface area contributed by atoms with Gasteiger partial charge in [0, 0.05) is 13.7 Å². The van der Waals surface area contributed by atoms with Crippen LogP contribution in [0.25, 0.3) is 0 Å². The molecule has 0 bridgehead atoms. The molecule has 1 saturated heterocycles. The zero-order valence-electron chi connectivity index (χ0n) is 11.0. The molecule has 1 aliphatic heterocycles. The third kappa shape index (κ3) is 6.61. The standard InChI is InChI=1S/C12H25N3O2/c1-15-6-3-11(4-7-15)9-13-10-12(16)14-5-8-17-2/h11,13H,3-10H2,1-2H3,(H,14,16). The topological polar surface area (TPSA) is 53.6 Å². The maximum atomic E-state index is 11.4. The van der Waals surface area contributed by atoms with Crippen LogP contribution >= 0.6 is 0 Å². The third-order valence-electron chi connectivity index (χ3n) is 3.19. The van der Waals surface area contributed by atoms with E-state index in [1.165, 1.54) is 25.9 Å². The Morgan fingerprint density at radius 1 is 1.41 bits per heavy atom. The summed E-state index contributed by atoms with van der Waals surface area (Å²) in [6.45, 7) is 4.87. The second kappa shape index (κ2) is 8.44. The summed E-state index contributed by atoms with van der Waals surface area (Å²) >= 11 is 0. The first-order valence-electron chi connectivity index (χ1n) is 6.37. The molecular formula is C12H25N3O2. The highest BCUT2D eigenvalue weighted by atomic mass is 16.5. The fraction of sp³-hybridized carbons (Fsp3) is 0.917. The first-order chi connectivity index (χ1) is 8.22. The van der Waals surface area contributed by atoms with Crippen LogP contribution in [0, 0.1) is 5.92 Å². The van der Waals surface area contributed by atoms with Crippen molar-refractivity contribution >= 4 is 5.91 Å². The van der Waals surface area contributed by atoms with E-state index in [2.05, 4.69) is 22.6 Å². The van der Waals surface area contributed by atoms with E-state index in [9.17, 15) is 4.79 Å². The zero-order valence-corrected chi connectivity index (χ0v) is 11.0. The zero-order chi connectivity index (χ0) is 12.5. The fourth-order valence-corrected chi connectivity index (χ4v) is 2.01. The SMILES string of the molecule is COCCNC(=O)CNCC1CCN(C)CC1. The van der Waals surface area contributed by atoms with Gasteiger partial charge in [-0.3, -0.25) is 4.79 Å². The average Bonchev–Trinajstić information content (AvgIpc) is 2.32. The predicted molar refractivity (Wildman–Crippen MR) is 68.0 cm³/mol. The molecule has 100 valence electrons. The van der Waals surface area contributed by atoms with Crippen molar-refractivity contribution in [2.24, 2.45) is 5.92 Å². The van der Waals surface area contributed by atoms with Gasteiger partial charge in [0.05, 0.1) is 13.2 Å². The summed E-state index contributed by atoms with van der Waals surface area (Å²) in [5.41, 5.74) is 0. The van der Waals surface area contributed by atoms with Gasteiger partial charge in [-0.25, -0.2) is 0 Å². The van der Waals surface area contributed by atoms with Crippen LogP contribution < -0.4 is 10.6 Å². The molecule has 5 heteroatoms. The molecule has 0 aromatic carbocycles. The Bertz CT molecular complexity index is 216. The molecule has 1 amide bonds. The molecule has 0 aliphatic carbocycles. The monoisotopic (exact) mass is 243 g/mol. The minimum Gasteiger partial charge on any atom is -0.383 e. The number of piperidine rings is 1. The van der Waals surface area contributed by atoms with Crippen LogP contribution in [-0.4, -0.2) is 64.3 Å². The van der Waals surface area contributed by atoms with Crippen molar-refractivity contribution in [1.29, 1.82) is 0 Å². The summed E-state index contributed by atoms with van der Waals surface area (Å²) in [5.74, 6) is 0.771. The van der Waals surface area contributed by atoms with E-state index in [0.29, 0.717) is 19.7 Å². The van der Waals surface area contributed by atoms with Crippen LogP contribution in [0.3, 0.4) is 0 Å². The number of hydrogen-bond donors (Lipinski definition) is 2. The molecule has 5 nitrogen and oxygen atoms in total. The smallest absolute Gasteiger partial charge is 0.234 e. The molecule has 0 spiro atoms. The van der Waals surface area contributed by atoms with Crippen molar-refractivity contribution in [3.05, 3.63) is 0 Å². The molecule has 0 unspecified atom stereocenters. The van der Waals surface area contributed by atoms with Crippen molar-refractivity contribution in [1.82, 2.24) is 15.5 Å². The predicted octanol–water partition coefficient (Wildman–Crippen LogP) is -0.320. The summed E-state index contributed by atoms with van der Waals surface area (Å²) in [7, 11) is 3.79. The molecule has 0 saturated carbocycles. The molecule has 1 rings (SSSR count). The van der Waals surface area contributed by atoms with Crippen LogP contribution in [0.1, 0.15) is 12.8 Å². The van der Waals surface area contributed by atoms with Crippen LogP contribution in [0.2, 0.25) is 0 Å². The van der Waals surface area contributed by atoms with Gasteiger partial charge in [0.15, 0.2) is 0 Å². The largest absolute Gasteiger partial charge is 0.383 e. The number of carbonyl (C=O) groups is 1. The van der Waals surface area contributed by atoms with Crippen LogP contribution in [0.5, 0.6) is 0 Å². The van der Waals surface area contributed by atoms with E-state index >= 15 is 0 Å². The minimum atomic E-state index is 0.0509. The number of nitrogens with zero attached hydrogens (tertiary/aromatic N) is 1. The number of ether oxygens (including phenoxy) is 1. The second-order valence-electron chi connectivity index (χ2n) is 4.72. The molecule has 0 atom stereocenters. The van der Waals surface area contributed by atoms with Gasteiger partial charge >= 0.3 is 0 Å². The normalized spacial score (nSPS) is 18.2. The van der Waals surface area contributed by atoms with Crippen molar-refractivity contribution in [2.75, 3.05) is 53.5 Å². The van der Waals surface area contributed by atoms with Crippen LogP contribution in [0.4, 0.5) is 0 Å². The number of amides is 1. The quantitative estimate of drug-likeness (QED) is 0.602. The Hall–Kier alpha value is -0.650. The Labute approximate surface area is 104 Å². The highest BCUT2D eigenvalue weighted by Gasteiger charge is 2.16. The van der Waals surface area contributed by atoms with E-state index in [1.807, 2.05) is 0 Å². The summed E-state index contributed by atoms with van der Waals surface area (Å²) < 4.78 is 4.86. The average molecular weight is 243 g/mol. The van der Waals surface area contributed by atoms with Gasteiger partial charge in [-0.05, 0) is 45.4 Å². The molecule has 17 heavy (non-hydrogen) atoms. The number of methoxy groups -OCH3 is 1. The summed E-state index contributed by atoms with van der Waals surface area (Å²) in [6.07, 6.45) is 2.46. The summed E-state index contributed by atoms with van der Waals surface area (Å²) in [5, 5.41) is 6.02. The van der Waals surface area contributed by atoms with Crippen molar-refractivity contribution < 1.29 is 9.53 Å². The molecule has 1 aliphatic rings. The molecule has 2 N–H and O–H groups in total. The Kier molecular flexibility index (Phi) is 7.16. The first-order valence-corrected chi connectivity index (χ1v) is 6.37. The molecule has 1 fully saturated rings. The molecule has 0 radical (unpaired) electrons. The number of carbonyl (C=O) groups excluding carboxylic acids is 1. The van der Waals surface area contributed by atoms with Gasteiger partial charge in [-0.15, -0.1) is 0 Å². The molecule has 0 aromatic heterocycles. The number of nitrogens with one attached hydrogen (secondary N) is 2. The van der Waals surface area contributed by atoms with Gasteiger partial charge in [0.25, 0.3) is 0 Å². The van der Waals surface area contributed by atoms with Crippen LogP contribution in [0.15, 0.2) is 0 Å². The Morgan fingerprint density at radius 3 is 2.76 bits per heavy atom. The minimum absolute atomic E-state index is 0.0509. The van der Waals surface area contributed by atoms with E-state index < -0.39 is 0 Å². The van der Waals surface area contributed by atoms with Gasteiger partial charge in [-0.1, -0.05) is 0 Å². The lowest BCUT2D eigenvalue weighted by Gasteiger charge is -2.28. The summed E-state index contributed by atoms with van der Waals surface area (Å²) in [6, 6.07) is 0. The molecule has 1 heterocycles. The highest BCUT2D eigenvalue weighted by molar-refractivity contribution is 5.77. The van der Waals surface area contributed by atoms with E-state index in [0.717, 1.165) is 12.5 Å². The number of hydrogen-bond acceptors (Lipinski definition) is 4. The van der Waals surface area contributed by atoms with Gasteiger partial charge < -0.3 is 20.3 Å². The van der Waals surface area contributed by atoms with Gasteiger partial charge in [0.1, 0.15) is 0 Å². The second-order valence-corrected chi connectivity index (χ2v) is 4.72. The van der Waals surface area contributed by atoms with E-state index in [1.54, 1.807) is 7.11 Å². The molecular weight excluding hydrogens is 218 g/mol. The van der Waals surface area contributed by atoms with Crippen molar-refractivity contribution in [2.45, 2.75) is 12.8 Å². The lowest BCUT2D eigenvalue weighted by atomic mass is 9.97. The maximum absolute atomic E-state index is 11.4. The number of rotatable bonds is 7. The van der Waals surface area contributed by atoms with Gasteiger partial charge in [0.2, 0.25) is 5.91 Å². The fourth-order valence-electron chi connectivity index (χ4n) is 2.01. The molecule has 0 aromatic rings. The Balaban J connectivity index is 1.97. The van der Waals surface area contributed by atoms with Crippen molar-refractivity contribution in [3.63, 3.8) is 0 Å². The van der Waals surface area contributed by atoms with Crippen molar-refractivity contribution in [3.8, 4) is 0 Å². The van der Waals surface area contributed by atoms with E-state index in [-0.39, 0.29) is 5.91 Å². The summed E-state index contributed by atoms with van der Waals surface area (Å²) in [4.78, 5) is 13.7. The van der Waals surface area contributed by atoms with Gasteiger partial charge in [-0.2, -0.15) is 0 Å². The Morgan fingerprint density at radius 2 is 2.12 bits per heavy atom. The highest BCUT2D eigenvalue weighted by Crippen LogP contribution is 2.14. The maximum Gasteiger partial charge on any atom is 0.234 e. The first kappa shape index (κ1) is 14.4. The van der Waals surface area contributed by atoms with Crippen LogP contribution in [-0.2, 0) is 9.53 Å². The van der Waals surface area contributed by atoms with E-state index in [4.69, 9.17) is 4.74 Å². The lowest BCUT2D eigenvalue weighted by Crippen LogP contribution is -2.39. The third-order valence-corrected chi connectivity index (χ3v) is 3.19. The lowest BCUT2D eigenvalue weighted by molar-refractivity contribution is -0.120.